The Kier molecular flexibility index (Phi) is 17.9. The van der Waals surface area contributed by atoms with E-state index in [1.807, 2.05) is 0 Å². The van der Waals surface area contributed by atoms with Crippen molar-refractivity contribution in [1.29, 1.82) is 0 Å². The second-order valence-corrected chi connectivity index (χ2v) is 8.43. The molecule has 140 valence electrons. The van der Waals surface area contributed by atoms with Crippen LogP contribution in [0, 0.1) is 0 Å². The molecule has 0 atom stereocenters. The molecule has 1 aromatic carbocycles. The van der Waals surface area contributed by atoms with E-state index in [-0.39, 0.29) is 48.9 Å². The molecular formula is C21H37BaNS2. The van der Waals surface area contributed by atoms with Gasteiger partial charge in [0.2, 0.25) is 0 Å². The first-order valence-electron chi connectivity index (χ1n) is 9.77. The molecule has 0 aliphatic rings. The van der Waals surface area contributed by atoms with Crippen LogP contribution in [0.4, 0.5) is 0 Å². The van der Waals surface area contributed by atoms with Crippen LogP contribution in [0.25, 0.3) is 0 Å². The molecule has 0 bridgehead atoms. The number of aryl methyl sites for hydroxylation is 1. The third kappa shape index (κ3) is 12.2. The van der Waals surface area contributed by atoms with E-state index in [4.69, 9.17) is 18.0 Å². The molecule has 0 saturated heterocycles. The van der Waals surface area contributed by atoms with E-state index >= 15 is 0 Å². The Morgan fingerprint density at radius 3 is 2.00 bits per heavy atom. The zero-order chi connectivity index (χ0) is 17.6. The van der Waals surface area contributed by atoms with Crippen molar-refractivity contribution in [3.8, 4) is 0 Å². The summed E-state index contributed by atoms with van der Waals surface area (Å²) in [6, 6.07) is 6.67. The Morgan fingerprint density at radius 2 is 1.44 bits per heavy atom. The van der Waals surface area contributed by atoms with E-state index in [9.17, 15) is 0 Å². The first-order chi connectivity index (χ1) is 11.7. The van der Waals surface area contributed by atoms with E-state index in [1.165, 1.54) is 93.1 Å². The van der Waals surface area contributed by atoms with Crippen LogP contribution in [0.5, 0.6) is 0 Å². The van der Waals surface area contributed by atoms with Gasteiger partial charge in [-0.05, 0) is 42.9 Å². The molecule has 0 radical (unpaired) electrons. The fourth-order valence-electron chi connectivity index (χ4n) is 3.16. The predicted octanol–water partition coefficient (Wildman–Crippen LogP) is 6.13. The Hall–Kier alpha value is 1.03. The summed E-state index contributed by atoms with van der Waals surface area (Å²) in [7, 11) is 0. The number of hydrogen-bond donors (Lipinski definition) is 1. The van der Waals surface area contributed by atoms with E-state index in [2.05, 4.69) is 32.0 Å². The van der Waals surface area contributed by atoms with Crippen LogP contribution in [0.3, 0.4) is 0 Å². The maximum atomic E-state index is 5.79. The number of thiocarbonyl (C=S) groups is 1. The minimum atomic E-state index is 0. The number of unbranched alkanes of at least 4 members (excludes halogenated alkanes) is 8. The summed E-state index contributed by atoms with van der Waals surface area (Å²) >= 11 is 6.69. The zero-order valence-corrected chi connectivity index (χ0v) is 17.2. The molecule has 0 aromatic heterocycles. The standard InChI is InChI=1S/C21H35NS2.Ba.2H/c1-3-5-7-9-11-14-18-15-13-17-20(24-21(22)23)19(18)16-12-10-8-6-4-2;;;/h13,15,17H,3-12,14,16H2,1-2H3,(H2,22,23);;;. The molecule has 2 N–H and O–H groups in total. The van der Waals surface area contributed by atoms with Gasteiger partial charge in [0, 0.05) is 4.90 Å². The molecule has 0 aliphatic carbocycles. The first-order valence-corrected chi connectivity index (χ1v) is 11.0. The number of benzene rings is 1. The number of thioether (sulfide) groups is 1. The van der Waals surface area contributed by atoms with Gasteiger partial charge in [-0.2, -0.15) is 0 Å². The Bertz CT molecular complexity index is 477. The number of rotatable bonds is 13. The molecule has 0 spiro atoms. The van der Waals surface area contributed by atoms with Crippen LogP contribution >= 0.6 is 24.0 Å². The zero-order valence-electron chi connectivity index (χ0n) is 15.6. The van der Waals surface area contributed by atoms with Crippen molar-refractivity contribution in [3.05, 3.63) is 29.3 Å². The Balaban J connectivity index is 0.00000576. The summed E-state index contributed by atoms with van der Waals surface area (Å²) < 4.78 is 0.530. The van der Waals surface area contributed by atoms with Crippen LogP contribution in [0.15, 0.2) is 23.1 Å². The third-order valence-corrected chi connectivity index (χ3v) is 5.57. The van der Waals surface area contributed by atoms with Crippen molar-refractivity contribution in [2.24, 2.45) is 5.73 Å². The molecule has 1 aromatic rings. The van der Waals surface area contributed by atoms with Crippen molar-refractivity contribution >= 4 is 77.2 Å². The first kappa shape index (κ1) is 26.0. The monoisotopic (exact) mass is 505 g/mol. The van der Waals surface area contributed by atoms with Gasteiger partial charge in [-0.3, -0.25) is 0 Å². The maximum absolute atomic E-state index is 5.79. The van der Waals surface area contributed by atoms with E-state index < -0.39 is 0 Å². The third-order valence-electron chi connectivity index (χ3n) is 4.52. The van der Waals surface area contributed by atoms with Crippen LogP contribution in [0.1, 0.15) is 89.2 Å². The SMILES string of the molecule is CCCCCCCc1cccc(SC(N)=S)c1CCCCCCC.[BaH2]. The van der Waals surface area contributed by atoms with Gasteiger partial charge in [0.1, 0.15) is 4.32 Å². The Labute approximate surface area is 205 Å². The molecule has 1 nitrogen and oxygen atoms in total. The van der Waals surface area contributed by atoms with Crippen LogP contribution in [-0.4, -0.2) is 53.2 Å². The molecule has 0 saturated carbocycles. The summed E-state index contributed by atoms with van der Waals surface area (Å²) in [6.45, 7) is 4.54. The summed E-state index contributed by atoms with van der Waals surface area (Å²) in [5.74, 6) is 0. The second-order valence-electron chi connectivity index (χ2n) is 6.64. The number of nitrogens with two attached hydrogens (primary N) is 1. The van der Waals surface area contributed by atoms with E-state index in [0.29, 0.717) is 4.32 Å². The molecule has 0 aliphatic heterocycles. The van der Waals surface area contributed by atoms with Gasteiger partial charge in [-0.15, -0.1) is 0 Å². The molecule has 0 unspecified atom stereocenters. The van der Waals surface area contributed by atoms with Crippen molar-refractivity contribution in [3.63, 3.8) is 0 Å². The molecule has 4 heteroatoms. The molecule has 25 heavy (non-hydrogen) atoms. The molecule has 1 rings (SSSR count). The summed E-state index contributed by atoms with van der Waals surface area (Å²) in [5, 5.41) is 0. The fraction of sp³-hybridized carbons (Fsp3) is 0.667. The summed E-state index contributed by atoms with van der Waals surface area (Å²) in [5.41, 5.74) is 8.81. The topological polar surface area (TPSA) is 26.0 Å². The van der Waals surface area contributed by atoms with Crippen molar-refractivity contribution in [2.75, 3.05) is 0 Å². The molecule has 0 heterocycles. The van der Waals surface area contributed by atoms with Crippen molar-refractivity contribution in [2.45, 2.75) is 95.8 Å². The minimum absolute atomic E-state index is 0. The van der Waals surface area contributed by atoms with Gasteiger partial charge in [-0.25, -0.2) is 0 Å². The number of hydrogen-bond acceptors (Lipinski definition) is 2. The predicted molar refractivity (Wildman–Crippen MR) is 123 cm³/mol. The van der Waals surface area contributed by atoms with Crippen LogP contribution < -0.4 is 5.73 Å². The summed E-state index contributed by atoms with van der Waals surface area (Å²) in [4.78, 5) is 1.28. The van der Waals surface area contributed by atoms with E-state index in [1.54, 1.807) is 11.8 Å². The second kappa shape index (κ2) is 17.2. The fourth-order valence-corrected chi connectivity index (χ4v) is 4.15. The van der Waals surface area contributed by atoms with Crippen LogP contribution in [0.2, 0.25) is 0 Å². The van der Waals surface area contributed by atoms with Crippen molar-refractivity contribution < 1.29 is 0 Å². The van der Waals surface area contributed by atoms with Gasteiger partial charge in [-0.1, -0.05) is 101 Å². The quantitative estimate of drug-likeness (QED) is 0.151. The van der Waals surface area contributed by atoms with E-state index in [0.717, 1.165) is 0 Å². The average molecular weight is 505 g/mol. The molecule has 0 amide bonds. The van der Waals surface area contributed by atoms with Gasteiger partial charge in [0.05, 0.1) is 0 Å². The molecule has 0 fully saturated rings. The normalized spacial score (nSPS) is 10.5. The van der Waals surface area contributed by atoms with Gasteiger partial charge in [0.15, 0.2) is 0 Å². The Morgan fingerprint density at radius 1 is 0.880 bits per heavy atom. The van der Waals surface area contributed by atoms with Gasteiger partial charge < -0.3 is 5.73 Å². The van der Waals surface area contributed by atoms with Gasteiger partial charge >= 0.3 is 48.9 Å². The van der Waals surface area contributed by atoms with Crippen molar-refractivity contribution in [1.82, 2.24) is 0 Å². The van der Waals surface area contributed by atoms with Crippen LogP contribution in [-0.2, 0) is 12.8 Å². The average Bonchev–Trinajstić information content (AvgIpc) is 2.55. The summed E-state index contributed by atoms with van der Waals surface area (Å²) in [6.07, 6.45) is 15.7. The molecular weight excluding hydrogens is 468 g/mol. The van der Waals surface area contributed by atoms with Gasteiger partial charge in [0.25, 0.3) is 0 Å².